The summed E-state index contributed by atoms with van der Waals surface area (Å²) in [5, 5.41) is 0. The van der Waals surface area contributed by atoms with Gasteiger partial charge in [-0.25, -0.2) is 0 Å². The molecule has 0 fully saturated rings. The maximum atomic E-state index is 12.5. The number of hydrogen-bond donors (Lipinski definition) is 0. The molecule has 3 aliphatic rings. The molecule has 2 atom stereocenters. The van der Waals surface area contributed by atoms with Crippen molar-refractivity contribution < 1.29 is 12.3 Å². The van der Waals surface area contributed by atoms with Crippen molar-refractivity contribution in [2.45, 2.75) is 31.6 Å². The molecule has 4 heteroatoms. The van der Waals surface area contributed by atoms with Crippen LogP contribution in [0.2, 0.25) is 25.2 Å². The molecule has 0 saturated carbocycles. The molecule has 2 unspecified atom stereocenters. The Kier molecular flexibility index (Phi) is 2.04. The number of likely N-dealkylation sites (N-methyl/N-ethyl adjacent to an activating group) is 1. The van der Waals surface area contributed by atoms with Crippen molar-refractivity contribution in [2.75, 3.05) is 20.2 Å². The predicted octanol–water partition coefficient (Wildman–Crippen LogP) is 2.40. The molecule has 0 spiro atoms. The van der Waals surface area contributed by atoms with Crippen LogP contribution in [0, 0.1) is 5.92 Å². The summed E-state index contributed by atoms with van der Waals surface area (Å²) in [5.41, 5.74) is 1.68. The Bertz CT molecular complexity index is 564. The third-order valence-electron chi connectivity index (χ3n) is 4.12. The number of carbonyl (C=O) groups is 1. The van der Waals surface area contributed by atoms with Gasteiger partial charge in [0.15, 0.2) is 0 Å². The minimum atomic E-state index is -1.90. The van der Waals surface area contributed by atoms with Gasteiger partial charge in [-0.3, -0.25) is 4.79 Å². The number of hydrogen-bond acceptors (Lipinski definition) is 2. The van der Waals surface area contributed by atoms with E-state index in [1.54, 1.807) is 11.9 Å². The van der Waals surface area contributed by atoms with Gasteiger partial charge in [0.1, 0.15) is 1.37 Å². The number of fused-ring (bicyclic) bond motifs is 2. The van der Waals surface area contributed by atoms with Crippen LogP contribution in [0.25, 0.3) is 0 Å². The highest BCUT2D eigenvalue weighted by atomic mass is 28.3. The van der Waals surface area contributed by atoms with E-state index in [0.29, 0.717) is 25.1 Å². The molecule has 2 aliphatic heterocycles. The molecule has 2 heterocycles. The molecule has 98 valence electrons. The second kappa shape index (κ2) is 3.73. The van der Waals surface area contributed by atoms with Gasteiger partial charge in [0, 0.05) is 26.5 Å². The van der Waals surface area contributed by atoms with Gasteiger partial charge in [-0.05, 0) is 23.1 Å². The van der Waals surface area contributed by atoms with Crippen LogP contribution in [0.15, 0.2) is 23.0 Å². The lowest BCUT2D eigenvalue weighted by Gasteiger charge is -2.36. The highest BCUT2D eigenvalue weighted by Gasteiger charge is 2.47. The van der Waals surface area contributed by atoms with Crippen LogP contribution < -0.4 is 0 Å². The molecule has 1 amide bonds. The van der Waals surface area contributed by atoms with Crippen LogP contribution in [0.5, 0.6) is 0 Å². The number of nitrogens with zero attached hydrogens (tertiary/aromatic N) is 1. The lowest BCUT2D eigenvalue weighted by molar-refractivity contribution is -0.124. The van der Waals surface area contributed by atoms with Gasteiger partial charge in [-0.15, -0.1) is 0 Å². The van der Waals surface area contributed by atoms with E-state index in [1.807, 2.05) is 0 Å². The molecule has 1 aliphatic carbocycles. The van der Waals surface area contributed by atoms with Crippen molar-refractivity contribution in [3.63, 3.8) is 0 Å². The van der Waals surface area contributed by atoms with Gasteiger partial charge < -0.3 is 9.64 Å². The SMILES string of the molecule is [2H]C1=C2C3=C(C(=O)N(C)C3)C([2H])([Si](C)(C)C)CC2CO1. The van der Waals surface area contributed by atoms with E-state index in [2.05, 4.69) is 19.6 Å². The Morgan fingerprint density at radius 2 is 2.28 bits per heavy atom. The zero-order chi connectivity index (χ0) is 14.9. The van der Waals surface area contributed by atoms with Crippen molar-refractivity contribution in [2.24, 2.45) is 5.92 Å². The maximum absolute atomic E-state index is 12.5. The monoisotopic (exact) mass is 265 g/mol. The zero-order valence-electron chi connectivity index (χ0n) is 13.5. The third-order valence-corrected chi connectivity index (χ3v) is 6.38. The summed E-state index contributed by atoms with van der Waals surface area (Å²) in [6.07, 6.45) is 0.835. The van der Waals surface area contributed by atoms with Crippen LogP contribution in [0.3, 0.4) is 0 Å². The zero-order valence-corrected chi connectivity index (χ0v) is 12.5. The summed E-state index contributed by atoms with van der Waals surface area (Å²) in [5.74, 6) is 0.0906. The van der Waals surface area contributed by atoms with Crippen molar-refractivity contribution in [3.05, 3.63) is 23.0 Å². The minimum absolute atomic E-state index is 0.0249. The molecule has 0 N–H and O–H groups in total. The Balaban J connectivity index is 2.23. The molecule has 0 aromatic rings. The van der Waals surface area contributed by atoms with Crippen molar-refractivity contribution in [3.8, 4) is 0 Å². The quantitative estimate of drug-likeness (QED) is 0.681. The topological polar surface area (TPSA) is 29.5 Å². The summed E-state index contributed by atoms with van der Waals surface area (Å²) >= 11 is 0. The predicted molar refractivity (Wildman–Crippen MR) is 73.9 cm³/mol. The molecular weight excluding hydrogens is 242 g/mol. The van der Waals surface area contributed by atoms with Gasteiger partial charge in [-0.2, -0.15) is 0 Å². The molecule has 3 rings (SSSR count). The van der Waals surface area contributed by atoms with Gasteiger partial charge in [0.2, 0.25) is 5.91 Å². The van der Waals surface area contributed by atoms with E-state index in [-0.39, 0.29) is 18.1 Å². The van der Waals surface area contributed by atoms with Gasteiger partial charge in [0.05, 0.1) is 20.9 Å². The summed E-state index contributed by atoms with van der Waals surface area (Å²) < 4.78 is 22.4. The van der Waals surface area contributed by atoms with Crippen molar-refractivity contribution >= 4 is 14.0 Å². The first-order valence-corrected chi connectivity index (χ1v) is 10.00. The van der Waals surface area contributed by atoms with E-state index in [4.69, 9.17) is 7.48 Å². The van der Waals surface area contributed by atoms with E-state index < -0.39 is 13.6 Å². The molecule has 0 saturated heterocycles. The summed E-state index contributed by atoms with van der Waals surface area (Å²) in [6, 6.07) is 0. The lowest BCUT2D eigenvalue weighted by atomic mass is 9.82. The smallest absolute Gasteiger partial charge is 0.250 e. The molecule has 0 bridgehead atoms. The van der Waals surface area contributed by atoms with E-state index in [1.165, 1.54) is 0 Å². The number of carbonyl (C=O) groups excluding carboxylic acids is 1. The van der Waals surface area contributed by atoms with Crippen LogP contribution in [-0.4, -0.2) is 39.1 Å². The first kappa shape index (κ1) is 9.84. The fraction of sp³-hybridized carbons (Fsp3) is 0.643. The number of rotatable bonds is 1. The van der Waals surface area contributed by atoms with Gasteiger partial charge in [0.25, 0.3) is 0 Å². The van der Waals surface area contributed by atoms with E-state index in [0.717, 1.165) is 11.1 Å². The molecule has 0 radical (unpaired) electrons. The lowest BCUT2D eigenvalue weighted by Crippen LogP contribution is -2.36. The summed E-state index contributed by atoms with van der Waals surface area (Å²) in [4.78, 5) is 14.2. The largest absolute Gasteiger partial charge is 0.500 e. The third kappa shape index (κ3) is 1.58. The van der Waals surface area contributed by atoms with E-state index >= 15 is 0 Å². The second-order valence-electron chi connectivity index (χ2n) is 6.47. The Hall–Kier alpha value is -1.03. The first-order chi connectivity index (χ1) is 9.17. The van der Waals surface area contributed by atoms with Crippen molar-refractivity contribution in [1.29, 1.82) is 0 Å². The van der Waals surface area contributed by atoms with Gasteiger partial charge in [-0.1, -0.05) is 19.6 Å². The fourth-order valence-electron chi connectivity index (χ4n) is 3.12. The maximum Gasteiger partial charge on any atom is 0.250 e. The summed E-state index contributed by atoms with van der Waals surface area (Å²) in [6.45, 7) is 7.48. The standard InChI is InChI=1S/C14H21NO2Si/c1-15-6-10-11-8-17-7-9(11)5-12(18(2,3)4)13(10)14(15)16/h8-9,12H,5-7H2,1-4H3/i8D,12D. The summed E-state index contributed by atoms with van der Waals surface area (Å²) in [7, 11) is -0.120. The highest BCUT2D eigenvalue weighted by Crippen LogP contribution is 2.50. The molecule has 3 nitrogen and oxygen atoms in total. The molecule has 0 aromatic heterocycles. The first-order valence-electron chi connectivity index (χ1n) is 7.50. The Morgan fingerprint density at radius 1 is 1.56 bits per heavy atom. The van der Waals surface area contributed by atoms with E-state index in [9.17, 15) is 4.79 Å². The van der Waals surface area contributed by atoms with Crippen molar-refractivity contribution in [1.82, 2.24) is 4.90 Å². The highest BCUT2D eigenvalue weighted by molar-refractivity contribution is 6.78. The normalized spacial score (nSPS) is 37.4. The average Bonchev–Trinajstić information content (AvgIpc) is 2.81. The molecule has 18 heavy (non-hydrogen) atoms. The van der Waals surface area contributed by atoms with Crippen LogP contribution in [0.1, 0.15) is 9.16 Å². The molecule has 0 aromatic carbocycles. The Labute approximate surface area is 112 Å². The second-order valence-corrected chi connectivity index (χ2v) is 11.6. The number of ether oxygens (including phenoxy) is 1. The average molecular weight is 265 g/mol. The van der Waals surface area contributed by atoms with Crippen LogP contribution in [-0.2, 0) is 9.53 Å². The molecular formula is C14H21NO2Si. The van der Waals surface area contributed by atoms with Crippen LogP contribution in [0.4, 0.5) is 0 Å². The minimum Gasteiger partial charge on any atom is -0.500 e. The fourth-order valence-corrected chi connectivity index (χ4v) is 4.99. The van der Waals surface area contributed by atoms with Gasteiger partial charge >= 0.3 is 0 Å². The number of amides is 1. The van der Waals surface area contributed by atoms with Crippen LogP contribution >= 0.6 is 0 Å². The Morgan fingerprint density at radius 3 is 2.94 bits per heavy atom.